The second kappa shape index (κ2) is 3.96. The number of hydrogen-bond acceptors (Lipinski definition) is 2. The molecule has 0 spiro atoms. The highest BCUT2D eigenvalue weighted by molar-refractivity contribution is 7.37. The van der Waals surface area contributed by atoms with Gasteiger partial charge >= 0.3 is 8.03 Å². The first-order valence-corrected chi connectivity index (χ1v) is 4.74. The molecule has 12 heavy (non-hydrogen) atoms. The fourth-order valence-electron chi connectivity index (χ4n) is 0.841. The van der Waals surface area contributed by atoms with E-state index in [4.69, 9.17) is 10.2 Å². The lowest BCUT2D eigenvalue weighted by molar-refractivity contribution is 0.502. The zero-order chi connectivity index (χ0) is 8.97. The van der Waals surface area contributed by atoms with E-state index in [0.717, 1.165) is 5.56 Å². The first-order chi connectivity index (χ1) is 5.72. The molecule has 1 N–H and O–H groups in total. The maximum Gasteiger partial charge on any atom is 0.510 e. The van der Waals surface area contributed by atoms with E-state index in [2.05, 4.69) is 0 Å². The molecule has 0 amide bonds. The predicted molar refractivity (Wildman–Crippen MR) is 44.7 cm³/mol. The van der Waals surface area contributed by atoms with Crippen LogP contribution in [0.2, 0.25) is 0 Å². The van der Waals surface area contributed by atoms with Gasteiger partial charge in [-0.25, -0.2) is 0 Å². The SMILES string of the molecule is N#Cc1ccc(C[P+](=O)O)cc1. The van der Waals surface area contributed by atoms with Crippen LogP contribution in [0.3, 0.4) is 0 Å². The summed E-state index contributed by atoms with van der Waals surface area (Å²) < 4.78 is 10.4. The molecular weight excluding hydrogens is 173 g/mol. The Hall–Kier alpha value is -1.23. The van der Waals surface area contributed by atoms with Crippen LogP contribution in [0.25, 0.3) is 0 Å². The Bertz CT molecular complexity index is 326. The molecule has 1 atom stereocenters. The maximum atomic E-state index is 10.4. The fraction of sp³-hybridized carbons (Fsp3) is 0.125. The monoisotopic (exact) mass is 180 g/mol. The van der Waals surface area contributed by atoms with E-state index in [1.807, 2.05) is 6.07 Å². The topological polar surface area (TPSA) is 61.1 Å². The third kappa shape index (κ3) is 2.43. The van der Waals surface area contributed by atoms with E-state index in [-0.39, 0.29) is 6.16 Å². The van der Waals surface area contributed by atoms with Gasteiger partial charge < -0.3 is 0 Å². The highest BCUT2D eigenvalue weighted by Crippen LogP contribution is 2.20. The standard InChI is InChI=1S/C8H6NO2P/c9-5-7-1-3-8(4-2-7)6-12(10)11/h1-4H,6H2/p+1. The molecule has 1 rings (SSSR count). The third-order valence-electron chi connectivity index (χ3n) is 1.40. The van der Waals surface area contributed by atoms with Gasteiger partial charge in [-0.3, -0.25) is 0 Å². The number of nitriles is 1. The molecule has 1 aromatic rings. The summed E-state index contributed by atoms with van der Waals surface area (Å²) in [4.78, 5) is 8.58. The number of rotatable bonds is 2. The highest BCUT2D eigenvalue weighted by atomic mass is 31.1. The molecule has 0 aliphatic carbocycles. The van der Waals surface area contributed by atoms with Gasteiger partial charge in [-0.1, -0.05) is 12.1 Å². The van der Waals surface area contributed by atoms with Crippen molar-refractivity contribution in [1.82, 2.24) is 0 Å². The Balaban J connectivity index is 2.80. The summed E-state index contributed by atoms with van der Waals surface area (Å²) in [6.45, 7) is 0. The normalized spacial score (nSPS) is 10.5. The minimum Gasteiger partial charge on any atom is -0.192 e. The van der Waals surface area contributed by atoms with Gasteiger partial charge in [-0.15, -0.1) is 0 Å². The summed E-state index contributed by atoms with van der Waals surface area (Å²) in [6, 6.07) is 8.60. The first kappa shape index (κ1) is 8.86. The van der Waals surface area contributed by atoms with Gasteiger partial charge in [0.25, 0.3) is 0 Å². The van der Waals surface area contributed by atoms with Crippen LogP contribution in [0.15, 0.2) is 24.3 Å². The Kier molecular flexibility index (Phi) is 2.93. The minimum absolute atomic E-state index is 0.154. The lowest BCUT2D eigenvalue weighted by atomic mass is 10.2. The zero-order valence-electron chi connectivity index (χ0n) is 6.27. The van der Waals surface area contributed by atoms with Gasteiger partial charge in [0.05, 0.1) is 11.6 Å². The molecular formula is C8H7NO2P+. The summed E-state index contributed by atoms with van der Waals surface area (Å²) in [5.74, 6) is 0. The quantitative estimate of drug-likeness (QED) is 0.705. The van der Waals surface area contributed by atoms with Gasteiger partial charge in [-0.2, -0.15) is 10.2 Å². The lowest BCUT2D eigenvalue weighted by Gasteiger charge is -1.90. The van der Waals surface area contributed by atoms with Crippen LogP contribution in [0.1, 0.15) is 11.1 Å². The van der Waals surface area contributed by atoms with Crippen molar-refractivity contribution in [2.75, 3.05) is 0 Å². The molecule has 0 aromatic heterocycles. The van der Waals surface area contributed by atoms with Crippen molar-refractivity contribution >= 4 is 8.03 Å². The Morgan fingerprint density at radius 1 is 1.42 bits per heavy atom. The van der Waals surface area contributed by atoms with Gasteiger partial charge in [0, 0.05) is 5.56 Å². The van der Waals surface area contributed by atoms with Crippen molar-refractivity contribution in [3.05, 3.63) is 35.4 Å². The second-order valence-corrected chi connectivity index (χ2v) is 3.34. The van der Waals surface area contributed by atoms with Crippen LogP contribution in [0.4, 0.5) is 0 Å². The van der Waals surface area contributed by atoms with Crippen molar-refractivity contribution < 1.29 is 9.46 Å². The van der Waals surface area contributed by atoms with Crippen molar-refractivity contribution in [3.8, 4) is 6.07 Å². The van der Waals surface area contributed by atoms with Crippen LogP contribution in [-0.4, -0.2) is 4.89 Å². The molecule has 1 aromatic carbocycles. The van der Waals surface area contributed by atoms with Crippen LogP contribution in [0.5, 0.6) is 0 Å². The van der Waals surface area contributed by atoms with Crippen LogP contribution in [-0.2, 0) is 10.7 Å². The van der Waals surface area contributed by atoms with Crippen molar-refractivity contribution in [2.45, 2.75) is 6.16 Å². The molecule has 0 saturated carbocycles. The van der Waals surface area contributed by atoms with E-state index < -0.39 is 8.03 Å². The summed E-state index contributed by atoms with van der Waals surface area (Å²) in [5, 5.41) is 8.45. The van der Waals surface area contributed by atoms with Crippen LogP contribution >= 0.6 is 8.03 Å². The third-order valence-corrected chi connectivity index (χ3v) is 2.04. The van der Waals surface area contributed by atoms with Gasteiger partial charge in [0.1, 0.15) is 0 Å². The summed E-state index contributed by atoms with van der Waals surface area (Å²) in [7, 11) is -2.12. The minimum atomic E-state index is -2.12. The first-order valence-electron chi connectivity index (χ1n) is 3.35. The van der Waals surface area contributed by atoms with E-state index in [1.54, 1.807) is 24.3 Å². The van der Waals surface area contributed by atoms with E-state index in [1.165, 1.54) is 0 Å². The average molecular weight is 180 g/mol. The second-order valence-electron chi connectivity index (χ2n) is 2.32. The van der Waals surface area contributed by atoms with E-state index in [9.17, 15) is 4.57 Å². The molecule has 0 bridgehead atoms. The molecule has 4 heteroatoms. The van der Waals surface area contributed by atoms with E-state index in [0.29, 0.717) is 5.56 Å². The molecule has 0 fully saturated rings. The number of benzene rings is 1. The largest absolute Gasteiger partial charge is 0.510 e. The molecule has 60 valence electrons. The Morgan fingerprint density at radius 2 is 2.00 bits per heavy atom. The van der Waals surface area contributed by atoms with Gasteiger partial charge in [0.15, 0.2) is 0 Å². The molecule has 3 nitrogen and oxygen atoms in total. The fourth-order valence-corrected chi connectivity index (χ4v) is 1.36. The van der Waals surface area contributed by atoms with Gasteiger partial charge in [0.2, 0.25) is 6.16 Å². The molecule has 0 heterocycles. The molecule has 1 unspecified atom stereocenters. The highest BCUT2D eigenvalue weighted by Gasteiger charge is 2.10. The maximum absolute atomic E-state index is 10.4. The predicted octanol–water partition coefficient (Wildman–Crippen LogP) is 1.79. The summed E-state index contributed by atoms with van der Waals surface area (Å²) >= 11 is 0. The summed E-state index contributed by atoms with van der Waals surface area (Å²) in [6.07, 6.45) is 0.154. The molecule has 0 aliphatic heterocycles. The van der Waals surface area contributed by atoms with Crippen molar-refractivity contribution in [2.24, 2.45) is 0 Å². The van der Waals surface area contributed by atoms with Crippen LogP contribution < -0.4 is 0 Å². The number of hydrogen-bond donors (Lipinski definition) is 1. The zero-order valence-corrected chi connectivity index (χ0v) is 7.16. The number of nitrogens with zero attached hydrogens (tertiary/aromatic N) is 1. The van der Waals surface area contributed by atoms with Gasteiger partial charge in [-0.05, 0) is 16.7 Å². The molecule has 0 aliphatic rings. The van der Waals surface area contributed by atoms with Crippen molar-refractivity contribution in [3.63, 3.8) is 0 Å². The Labute approximate surface area is 71.1 Å². The lowest BCUT2D eigenvalue weighted by Crippen LogP contribution is -1.80. The smallest absolute Gasteiger partial charge is 0.192 e. The molecule has 0 radical (unpaired) electrons. The molecule has 0 saturated heterocycles. The van der Waals surface area contributed by atoms with E-state index >= 15 is 0 Å². The Morgan fingerprint density at radius 3 is 2.42 bits per heavy atom. The van der Waals surface area contributed by atoms with Crippen LogP contribution in [0, 0.1) is 11.3 Å². The summed E-state index contributed by atoms with van der Waals surface area (Å²) in [5.41, 5.74) is 1.34. The van der Waals surface area contributed by atoms with Crippen molar-refractivity contribution in [1.29, 1.82) is 5.26 Å². The average Bonchev–Trinajstić information content (AvgIpc) is 2.05.